The van der Waals surface area contributed by atoms with E-state index in [-0.39, 0.29) is 18.3 Å². The van der Waals surface area contributed by atoms with Crippen LogP contribution in [0.1, 0.15) is 21.5 Å². The molecule has 4 nitrogen and oxygen atoms in total. The Morgan fingerprint density at radius 3 is 2.67 bits per heavy atom. The second-order valence-corrected chi connectivity index (χ2v) is 5.71. The lowest BCUT2D eigenvalue weighted by atomic mass is 10.0. The van der Waals surface area contributed by atoms with E-state index in [4.69, 9.17) is 4.74 Å². The van der Waals surface area contributed by atoms with Crippen LogP contribution in [0.25, 0.3) is 0 Å². The minimum atomic E-state index is -0.202. The summed E-state index contributed by atoms with van der Waals surface area (Å²) < 4.78 is 5.97. The Morgan fingerprint density at radius 1 is 1.24 bits per heavy atom. The van der Waals surface area contributed by atoms with Crippen LogP contribution in [0.3, 0.4) is 0 Å². The Hall–Kier alpha value is -2.14. The molecule has 2 aromatic rings. The maximum Gasteiger partial charge on any atom is 0.262 e. The fourth-order valence-electron chi connectivity index (χ4n) is 2.13. The van der Waals surface area contributed by atoms with Crippen LogP contribution >= 0.6 is 15.9 Å². The summed E-state index contributed by atoms with van der Waals surface area (Å²) in [7, 11) is 0. The molecule has 5 heteroatoms. The van der Waals surface area contributed by atoms with Crippen molar-refractivity contribution in [2.24, 2.45) is 0 Å². The molecule has 3 rings (SSSR count). The van der Waals surface area contributed by atoms with E-state index < -0.39 is 0 Å². The summed E-state index contributed by atoms with van der Waals surface area (Å²) in [6.45, 7) is 1.94. The van der Waals surface area contributed by atoms with Crippen molar-refractivity contribution < 1.29 is 14.3 Å². The van der Waals surface area contributed by atoms with Crippen molar-refractivity contribution in [2.45, 2.75) is 6.92 Å². The first-order chi connectivity index (χ1) is 10.0. The number of carbonyl (C=O) groups is 2. The number of anilines is 1. The van der Waals surface area contributed by atoms with E-state index >= 15 is 0 Å². The second kappa shape index (κ2) is 5.33. The molecule has 1 aliphatic rings. The predicted octanol–water partition coefficient (Wildman–Crippen LogP) is 3.32. The van der Waals surface area contributed by atoms with Crippen LogP contribution in [-0.4, -0.2) is 18.3 Å². The van der Waals surface area contributed by atoms with Gasteiger partial charge in [-0.3, -0.25) is 9.59 Å². The zero-order chi connectivity index (χ0) is 15.0. The van der Waals surface area contributed by atoms with Gasteiger partial charge in [0.2, 0.25) is 0 Å². The molecule has 1 N–H and O–H groups in total. The summed E-state index contributed by atoms with van der Waals surface area (Å²) >= 11 is 3.38. The summed E-state index contributed by atoms with van der Waals surface area (Å²) in [6.07, 6.45) is 0. The molecule has 0 fully saturated rings. The molecule has 0 unspecified atom stereocenters. The van der Waals surface area contributed by atoms with Gasteiger partial charge >= 0.3 is 0 Å². The molecule has 2 aromatic carbocycles. The fourth-order valence-corrected chi connectivity index (χ4v) is 2.66. The third-order valence-corrected chi connectivity index (χ3v) is 3.92. The van der Waals surface area contributed by atoms with Crippen LogP contribution in [0.2, 0.25) is 0 Å². The fraction of sp³-hybridized carbons (Fsp3) is 0.125. The minimum Gasteiger partial charge on any atom is -0.482 e. The molecular weight excluding hydrogens is 334 g/mol. The highest BCUT2D eigenvalue weighted by Crippen LogP contribution is 2.34. The van der Waals surface area contributed by atoms with Crippen molar-refractivity contribution in [3.05, 3.63) is 57.6 Å². The van der Waals surface area contributed by atoms with Crippen LogP contribution in [0, 0.1) is 6.92 Å². The van der Waals surface area contributed by atoms with Crippen LogP contribution in [0.5, 0.6) is 5.75 Å². The number of halogens is 1. The number of ketones is 1. The van der Waals surface area contributed by atoms with E-state index in [2.05, 4.69) is 21.2 Å². The van der Waals surface area contributed by atoms with Gasteiger partial charge in [0.05, 0.1) is 5.69 Å². The molecule has 106 valence electrons. The standard InChI is InChI=1S/C16H12BrNO3/c1-9-2-4-10(5-3-9)16(20)11-6-14-13(7-12(11)17)18-15(19)8-21-14/h2-7H,8H2,1H3,(H,18,19). The van der Waals surface area contributed by atoms with E-state index in [0.717, 1.165) is 5.56 Å². The summed E-state index contributed by atoms with van der Waals surface area (Å²) in [5, 5.41) is 2.71. The van der Waals surface area contributed by atoms with Gasteiger partial charge in [-0.2, -0.15) is 0 Å². The molecule has 0 aromatic heterocycles. The van der Waals surface area contributed by atoms with Gasteiger partial charge in [0.25, 0.3) is 5.91 Å². The Kier molecular flexibility index (Phi) is 3.51. The van der Waals surface area contributed by atoms with Crippen molar-refractivity contribution in [1.29, 1.82) is 0 Å². The van der Waals surface area contributed by atoms with E-state index in [1.807, 2.05) is 19.1 Å². The Balaban J connectivity index is 2.01. The third kappa shape index (κ3) is 2.69. The maximum absolute atomic E-state index is 12.6. The Bertz CT molecular complexity index is 738. The molecule has 0 aliphatic carbocycles. The molecule has 1 amide bonds. The van der Waals surface area contributed by atoms with Crippen LogP contribution in [-0.2, 0) is 4.79 Å². The summed E-state index contributed by atoms with van der Waals surface area (Å²) in [6, 6.07) is 10.7. The van der Waals surface area contributed by atoms with Gasteiger partial charge < -0.3 is 10.1 Å². The lowest BCUT2D eigenvalue weighted by molar-refractivity contribution is -0.118. The van der Waals surface area contributed by atoms with E-state index in [1.165, 1.54) is 0 Å². The second-order valence-electron chi connectivity index (χ2n) is 4.86. The Morgan fingerprint density at radius 2 is 1.95 bits per heavy atom. The molecule has 0 saturated heterocycles. The van der Waals surface area contributed by atoms with Gasteiger partial charge in [0, 0.05) is 15.6 Å². The normalized spacial score (nSPS) is 13.1. The average Bonchev–Trinajstić information content (AvgIpc) is 2.46. The van der Waals surface area contributed by atoms with Gasteiger partial charge in [-0.05, 0) is 35.0 Å². The Labute approximate surface area is 130 Å². The molecule has 0 atom stereocenters. The first-order valence-corrected chi connectivity index (χ1v) is 7.21. The predicted molar refractivity (Wildman–Crippen MR) is 82.9 cm³/mol. The molecule has 1 heterocycles. The summed E-state index contributed by atoms with van der Waals surface area (Å²) in [5.74, 6) is 0.213. The number of hydrogen-bond acceptors (Lipinski definition) is 3. The molecule has 0 bridgehead atoms. The highest BCUT2D eigenvalue weighted by atomic mass is 79.9. The summed E-state index contributed by atoms with van der Waals surface area (Å²) in [4.78, 5) is 23.8. The first kappa shape index (κ1) is 13.8. The number of carbonyl (C=O) groups excluding carboxylic acids is 2. The smallest absolute Gasteiger partial charge is 0.262 e. The van der Waals surface area contributed by atoms with Gasteiger partial charge in [0.1, 0.15) is 5.75 Å². The largest absolute Gasteiger partial charge is 0.482 e. The third-order valence-electron chi connectivity index (χ3n) is 3.26. The lowest BCUT2D eigenvalue weighted by Crippen LogP contribution is -2.25. The highest BCUT2D eigenvalue weighted by Gasteiger charge is 2.21. The molecule has 0 saturated carbocycles. The first-order valence-electron chi connectivity index (χ1n) is 6.42. The van der Waals surface area contributed by atoms with Crippen LogP contribution in [0.15, 0.2) is 40.9 Å². The number of rotatable bonds is 2. The zero-order valence-corrected chi connectivity index (χ0v) is 12.9. The number of nitrogens with one attached hydrogen (secondary N) is 1. The summed E-state index contributed by atoms with van der Waals surface area (Å²) in [5.41, 5.74) is 2.79. The van der Waals surface area contributed by atoms with Crippen molar-refractivity contribution in [3.8, 4) is 5.75 Å². The molecule has 0 radical (unpaired) electrons. The van der Waals surface area contributed by atoms with Gasteiger partial charge in [-0.1, -0.05) is 29.8 Å². The number of hydrogen-bond donors (Lipinski definition) is 1. The van der Waals surface area contributed by atoms with E-state index in [9.17, 15) is 9.59 Å². The number of benzene rings is 2. The molecule has 21 heavy (non-hydrogen) atoms. The highest BCUT2D eigenvalue weighted by molar-refractivity contribution is 9.10. The van der Waals surface area contributed by atoms with Crippen molar-refractivity contribution in [2.75, 3.05) is 11.9 Å². The quantitative estimate of drug-likeness (QED) is 0.849. The zero-order valence-electron chi connectivity index (χ0n) is 11.3. The maximum atomic E-state index is 12.6. The monoisotopic (exact) mass is 345 g/mol. The SMILES string of the molecule is Cc1ccc(C(=O)c2cc3c(cc2Br)NC(=O)CO3)cc1. The van der Waals surface area contributed by atoms with Crippen molar-refractivity contribution in [3.63, 3.8) is 0 Å². The minimum absolute atomic E-state index is 0.0349. The molecule has 1 aliphatic heterocycles. The van der Waals surface area contributed by atoms with Crippen LogP contribution in [0.4, 0.5) is 5.69 Å². The average molecular weight is 346 g/mol. The molecule has 0 spiro atoms. The number of amides is 1. The van der Waals surface area contributed by atoms with Crippen molar-refractivity contribution >= 4 is 33.3 Å². The number of fused-ring (bicyclic) bond motifs is 1. The number of aryl methyl sites for hydroxylation is 1. The van der Waals surface area contributed by atoms with Crippen molar-refractivity contribution in [1.82, 2.24) is 0 Å². The van der Waals surface area contributed by atoms with Gasteiger partial charge in [-0.15, -0.1) is 0 Å². The van der Waals surface area contributed by atoms with Gasteiger partial charge in [0.15, 0.2) is 12.4 Å². The van der Waals surface area contributed by atoms with E-state index in [0.29, 0.717) is 27.0 Å². The molecular formula is C16H12BrNO3. The van der Waals surface area contributed by atoms with Gasteiger partial charge in [-0.25, -0.2) is 0 Å². The van der Waals surface area contributed by atoms with Crippen LogP contribution < -0.4 is 10.1 Å². The van der Waals surface area contributed by atoms with E-state index in [1.54, 1.807) is 24.3 Å². The topological polar surface area (TPSA) is 55.4 Å². The lowest BCUT2D eigenvalue weighted by Gasteiger charge is -2.19. The number of ether oxygens (including phenoxy) is 1.